The summed E-state index contributed by atoms with van der Waals surface area (Å²) in [7, 11) is 0. The number of hydrogen-bond donors (Lipinski definition) is 0. The van der Waals surface area contributed by atoms with E-state index in [9.17, 15) is 9.59 Å². The minimum atomic E-state index is -1.01. The minimum Gasteiger partial charge on any atom is -0.274 e. The van der Waals surface area contributed by atoms with E-state index in [-0.39, 0.29) is 18.2 Å². The summed E-state index contributed by atoms with van der Waals surface area (Å²) in [6.45, 7) is 0. The molecule has 4 heteroatoms. The number of nitrogens with zero attached hydrogens (tertiary/aromatic N) is 1. The normalized spacial score (nSPS) is 16.1. The van der Waals surface area contributed by atoms with Gasteiger partial charge in [0.25, 0.3) is 0 Å². The second kappa shape index (κ2) is 6.43. The van der Waals surface area contributed by atoms with Crippen molar-refractivity contribution in [2.45, 2.75) is 11.8 Å². The van der Waals surface area contributed by atoms with E-state index in [1.54, 1.807) is 24.3 Å². The van der Waals surface area contributed by atoms with Gasteiger partial charge in [-0.25, -0.2) is 4.90 Å². The zero-order valence-corrected chi connectivity index (χ0v) is 14.7. The number of imide groups is 1. The summed E-state index contributed by atoms with van der Waals surface area (Å²) in [4.78, 5) is 27.8. The van der Waals surface area contributed by atoms with E-state index in [1.165, 1.54) is 4.90 Å². The molecule has 4 rings (SSSR count). The van der Waals surface area contributed by atoms with Gasteiger partial charge in [0.1, 0.15) is 5.41 Å². The van der Waals surface area contributed by atoms with E-state index in [0.29, 0.717) is 10.7 Å². The van der Waals surface area contributed by atoms with Crippen molar-refractivity contribution in [2.24, 2.45) is 0 Å². The predicted octanol–water partition coefficient (Wildman–Crippen LogP) is 4.59. The molecule has 3 aromatic rings. The zero-order valence-electron chi connectivity index (χ0n) is 13.9. The van der Waals surface area contributed by atoms with Crippen LogP contribution in [0.2, 0.25) is 5.02 Å². The number of anilines is 1. The Labute approximate surface area is 156 Å². The van der Waals surface area contributed by atoms with Crippen molar-refractivity contribution in [1.82, 2.24) is 0 Å². The van der Waals surface area contributed by atoms with Crippen LogP contribution in [0, 0.1) is 0 Å². The van der Waals surface area contributed by atoms with Gasteiger partial charge in [0.05, 0.1) is 12.1 Å². The highest BCUT2D eigenvalue weighted by Crippen LogP contribution is 2.44. The molecule has 0 aromatic heterocycles. The molecule has 0 N–H and O–H groups in total. The van der Waals surface area contributed by atoms with Crippen LogP contribution < -0.4 is 4.90 Å². The van der Waals surface area contributed by atoms with Crippen LogP contribution in [0.15, 0.2) is 84.9 Å². The second-order valence-electron chi connectivity index (χ2n) is 6.32. The van der Waals surface area contributed by atoms with Gasteiger partial charge in [-0.3, -0.25) is 9.59 Å². The summed E-state index contributed by atoms with van der Waals surface area (Å²) in [5.74, 6) is -0.452. The van der Waals surface area contributed by atoms with E-state index in [4.69, 9.17) is 11.6 Å². The topological polar surface area (TPSA) is 37.4 Å². The Balaban J connectivity index is 1.89. The van der Waals surface area contributed by atoms with Crippen LogP contribution >= 0.6 is 11.6 Å². The van der Waals surface area contributed by atoms with Crippen LogP contribution in [0.3, 0.4) is 0 Å². The Bertz CT molecular complexity index is 913. The second-order valence-corrected chi connectivity index (χ2v) is 6.76. The van der Waals surface area contributed by atoms with Gasteiger partial charge in [-0.05, 0) is 35.4 Å². The highest BCUT2D eigenvalue weighted by Gasteiger charge is 2.54. The number of halogens is 1. The number of hydrogen-bond acceptors (Lipinski definition) is 2. The van der Waals surface area contributed by atoms with Gasteiger partial charge < -0.3 is 0 Å². The van der Waals surface area contributed by atoms with E-state index in [0.717, 1.165) is 11.1 Å². The molecule has 2 amide bonds. The van der Waals surface area contributed by atoms with E-state index in [1.807, 2.05) is 60.7 Å². The lowest BCUT2D eigenvalue weighted by atomic mass is 9.73. The number of rotatable bonds is 3. The van der Waals surface area contributed by atoms with Crippen LogP contribution in [-0.4, -0.2) is 11.8 Å². The maximum atomic E-state index is 13.6. The van der Waals surface area contributed by atoms with Crippen molar-refractivity contribution in [3.8, 4) is 0 Å². The maximum absolute atomic E-state index is 13.6. The number of amides is 2. The minimum absolute atomic E-state index is 0.0997. The average Bonchev–Trinajstić information content (AvgIpc) is 2.95. The first kappa shape index (κ1) is 16.6. The fourth-order valence-corrected chi connectivity index (χ4v) is 3.73. The molecule has 3 nitrogen and oxygen atoms in total. The van der Waals surface area contributed by atoms with E-state index >= 15 is 0 Å². The summed E-state index contributed by atoms with van der Waals surface area (Å²) < 4.78 is 0. The SMILES string of the molecule is O=C1CC(c2ccccc2)(c2ccccc2)C(=O)N1c1ccc(Cl)cc1. The lowest BCUT2D eigenvalue weighted by molar-refractivity contribution is -0.122. The lowest BCUT2D eigenvalue weighted by Gasteiger charge is -2.28. The molecule has 1 aliphatic rings. The first-order chi connectivity index (χ1) is 12.6. The molecule has 1 aliphatic heterocycles. The highest BCUT2D eigenvalue weighted by atomic mass is 35.5. The zero-order chi connectivity index (χ0) is 18.1. The Hall–Kier alpha value is -2.91. The van der Waals surface area contributed by atoms with Gasteiger partial charge in [-0.15, -0.1) is 0 Å². The summed E-state index contributed by atoms with van der Waals surface area (Å²) in [6.07, 6.45) is 0.0997. The van der Waals surface area contributed by atoms with Crippen LogP contribution in [0.5, 0.6) is 0 Å². The smallest absolute Gasteiger partial charge is 0.249 e. The fourth-order valence-electron chi connectivity index (χ4n) is 3.60. The molecule has 3 aromatic carbocycles. The summed E-state index contributed by atoms with van der Waals surface area (Å²) in [5, 5.41) is 0.560. The summed E-state index contributed by atoms with van der Waals surface area (Å²) >= 11 is 5.95. The molecule has 0 atom stereocenters. The molecule has 0 saturated carbocycles. The van der Waals surface area contributed by atoms with E-state index in [2.05, 4.69) is 0 Å². The van der Waals surface area contributed by atoms with Crippen LogP contribution in [-0.2, 0) is 15.0 Å². The molecular weight excluding hydrogens is 346 g/mol. The third-order valence-electron chi connectivity index (χ3n) is 4.85. The third kappa shape index (κ3) is 2.52. The maximum Gasteiger partial charge on any atom is 0.249 e. The quantitative estimate of drug-likeness (QED) is 0.640. The average molecular weight is 362 g/mol. The number of benzene rings is 3. The highest BCUT2D eigenvalue weighted by molar-refractivity contribution is 6.31. The van der Waals surface area contributed by atoms with Gasteiger partial charge in [-0.1, -0.05) is 72.3 Å². The van der Waals surface area contributed by atoms with Crippen LogP contribution in [0.25, 0.3) is 0 Å². The standard InChI is InChI=1S/C22H16ClNO2/c23-18-11-13-19(14-12-18)24-20(25)15-22(21(24)26,16-7-3-1-4-8-16)17-9-5-2-6-10-17/h1-14H,15H2. The van der Waals surface area contributed by atoms with Gasteiger partial charge in [0, 0.05) is 5.02 Å². The molecule has 0 aliphatic carbocycles. The van der Waals surface area contributed by atoms with Crippen molar-refractivity contribution in [2.75, 3.05) is 4.90 Å². The Kier molecular flexibility index (Phi) is 4.09. The predicted molar refractivity (Wildman–Crippen MR) is 102 cm³/mol. The summed E-state index contributed by atoms with van der Waals surface area (Å²) in [5.41, 5.74) is 1.17. The molecule has 0 spiro atoms. The van der Waals surface area contributed by atoms with Gasteiger partial charge in [0.2, 0.25) is 11.8 Å². The fraction of sp³-hybridized carbons (Fsp3) is 0.0909. The third-order valence-corrected chi connectivity index (χ3v) is 5.10. The van der Waals surface area contributed by atoms with Crippen molar-refractivity contribution in [1.29, 1.82) is 0 Å². The molecule has 0 bridgehead atoms. The van der Waals surface area contributed by atoms with Gasteiger partial charge in [0.15, 0.2) is 0 Å². The lowest BCUT2D eigenvalue weighted by Crippen LogP contribution is -2.39. The molecule has 0 unspecified atom stereocenters. The molecule has 1 fully saturated rings. The van der Waals surface area contributed by atoms with Gasteiger partial charge >= 0.3 is 0 Å². The summed E-state index contributed by atoms with van der Waals surface area (Å²) in [6, 6.07) is 25.8. The molecule has 128 valence electrons. The Morgan fingerprint density at radius 2 is 1.23 bits per heavy atom. The first-order valence-electron chi connectivity index (χ1n) is 8.37. The van der Waals surface area contributed by atoms with Crippen molar-refractivity contribution in [3.63, 3.8) is 0 Å². The molecule has 1 saturated heterocycles. The molecule has 0 radical (unpaired) electrons. The Morgan fingerprint density at radius 3 is 1.73 bits per heavy atom. The van der Waals surface area contributed by atoms with Crippen LogP contribution in [0.1, 0.15) is 17.5 Å². The first-order valence-corrected chi connectivity index (χ1v) is 8.75. The van der Waals surface area contributed by atoms with Gasteiger partial charge in [-0.2, -0.15) is 0 Å². The van der Waals surface area contributed by atoms with E-state index < -0.39 is 5.41 Å². The van der Waals surface area contributed by atoms with Crippen LogP contribution in [0.4, 0.5) is 5.69 Å². The molecular formula is C22H16ClNO2. The van der Waals surface area contributed by atoms with Crippen molar-refractivity contribution in [3.05, 3.63) is 101 Å². The monoisotopic (exact) mass is 361 g/mol. The largest absolute Gasteiger partial charge is 0.274 e. The number of carbonyl (C=O) groups is 2. The number of carbonyl (C=O) groups excluding carboxylic acids is 2. The van der Waals surface area contributed by atoms with Crippen molar-refractivity contribution < 1.29 is 9.59 Å². The molecule has 26 heavy (non-hydrogen) atoms. The van der Waals surface area contributed by atoms with Crippen molar-refractivity contribution >= 4 is 29.1 Å². The Morgan fingerprint density at radius 1 is 0.731 bits per heavy atom. The molecule has 1 heterocycles.